The van der Waals surface area contributed by atoms with E-state index in [2.05, 4.69) is 0 Å². The molecule has 4 rings (SSSR count). The molecular formula is C7H9NO2S. The molecule has 6 atom stereocenters. The van der Waals surface area contributed by atoms with Gasteiger partial charge in [0.1, 0.15) is 0 Å². The average Bonchev–Trinajstić information content (AvgIpc) is 2.40. The molecule has 2 heterocycles. The summed E-state index contributed by atoms with van der Waals surface area (Å²) in [7, 11) is -2.77. The van der Waals surface area contributed by atoms with Crippen molar-refractivity contribution in [1.82, 2.24) is 4.31 Å². The largest absolute Gasteiger partial charge is 0.217 e. The summed E-state index contributed by atoms with van der Waals surface area (Å²) >= 11 is 0. The summed E-state index contributed by atoms with van der Waals surface area (Å²) in [4.78, 5) is 0. The maximum Gasteiger partial charge on any atom is 0.217 e. The predicted octanol–water partition coefficient (Wildman–Crippen LogP) is -0.209. The van der Waals surface area contributed by atoms with Crippen molar-refractivity contribution >= 4 is 10.0 Å². The lowest BCUT2D eigenvalue weighted by molar-refractivity contribution is 0.449. The normalized spacial score (nSPS) is 72.4. The second-order valence-corrected chi connectivity index (χ2v) is 6.35. The molecule has 2 aliphatic carbocycles. The molecule has 11 heavy (non-hydrogen) atoms. The Morgan fingerprint density at radius 1 is 1.18 bits per heavy atom. The first-order chi connectivity index (χ1) is 5.21. The first kappa shape index (κ1) is 5.54. The van der Waals surface area contributed by atoms with E-state index in [4.69, 9.17) is 0 Å². The molecule has 2 saturated carbocycles. The van der Waals surface area contributed by atoms with Gasteiger partial charge in [-0.1, -0.05) is 0 Å². The summed E-state index contributed by atoms with van der Waals surface area (Å²) in [6.07, 6.45) is 2.18. The Hall–Kier alpha value is -0.0900. The molecule has 1 unspecified atom stereocenters. The van der Waals surface area contributed by atoms with Gasteiger partial charge in [0.15, 0.2) is 0 Å². The van der Waals surface area contributed by atoms with Gasteiger partial charge in [-0.05, 0) is 24.7 Å². The maximum absolute atomic E-state index is 11.6. The quantitative estimate of drug-likeness (QED) is 0.473. The molecule has 0 radical (unpaired) electrons. The predicted molar refractivity (Wildman–Crippen MR) is 38.3 cm³/mol. The van der Waals surface area contributed by atoms with Crippen molar-refractivity contribution in [3.63, 3.8) is 0 Å². The molecule has 0 aromatic carbocycles. The van der Waals surface area contributed by atoms with Crippen molar-refractivity contribution < 1.29 is 8.42 Å². The van der Waals surface area contributed by atoms with E-state index in [0.29, 0.717) is 18.0 Å². The highest BCUT2D eigenvalue weighted by Gasteiger charge is 2.79. The third-order valence-electron chi connectivity index (χ3n) is 4.03. The monoisotopic (exact) mass is 171 g/mol. The molecular weight excluding hydrogens is 162 g/mol. The van der Waals surface area contributed by atoms with Crippen LogP contribution in [0.3, 0.4) is 0 Å². The summed E-state index contributed by atoms with van der Waals surface area (Å²) in [5.41, 5.74) is 0. The van der Waals surface area contributed by atoms with Crippen molar-refractivity contribution in [2.75, 3.05) is 0 Å². The molecule has 2 bridgehead atoms. The smallest absolute Gasteiger partial charge is 0.212 e. The lowest BCUT2D eigenvalue weighted by Gasteiger charge is -2.19. The number of piperidine rings is 1. The molecule has 0 amide bonds. The zero-order valence-corrected chi connectivity index (χ0v) is 6.79. The van der Waals surface area contributed by atoms with Crippen LogP contribution in [0.15, 0.2) is 0 Å². The number of sulfonamides is 1. The van der Waals surface area contributed by atoms with Gasteiger partial charge in [-0.25, -0.2) is 8.42 Å². The Balaban J connectivity index is 2.07. The molecule has 2 saturated heterocycles. The zero-order chi connectivity index (χ0) is 7.38. The molecule has 0 aromatic heterocycles. The lowest BCUT2D eigenvalue weighted by Crippen LogP contribution is -2.33. The van der Waals surface area contributed by atoms with Crippen molar-refractivity contribution in [2.24, 2.45) is 11.8 Å². The minimum absolute atomic E-state index is 0.0440. The fraction of sp³-hybridized carbons (Fsp3) is 1.00. The van der Waals surface area contributed by atoms with Gasteiger partial charge < -0.3 is 0 Å². The van der Waals surface area contributed by atoms with Crippen LogP contribution in [0.1, 0.15) is 12.8 Å². The summed E-state index contributed by atoms with van der Waals surface area (Å²) in [6.45, 7) is 0. The van der Waals surface area contributed by atoms with Gasteiger partial charge in [0.05, 0.1) is 5.25 Å². The highest BCUT2D eigenvalue weighted by atomic mass is 32.2. The van der Waals surface area contributed by atoms with Gasteiger partial charge in [0.2, 0.25) is 10.0 Å². The number of fused-ring (bicyclic) bond motifs is 3. The maximum atomic E-state index is 11.6. The standard InChI is InChI=1S/C7H9NO2S/c9-11(10)5-2-3-1-4(5)7-6(3)8(7)11/h3-7H,1-2H2/t3-,4+,5-,6+,7-,8?/m0/s1. The van der Waals surface area contributed by atoms with E-state index in [0.717, 1.165) is 12.3 Å². The van der Waals surface area contributed by atoms with E-state index in [1.807, 2.05) is 0 Å². The van der Waals surface area contributed by atoms with Gasteiger partial charge in [-0.3, -0.25) is 0 Å². The van der Waals surface area contributed by atoms with Crippen molar-refractivity contribution in [2.45, 2.75) is 30.2 Å². The van der Waals surface area contributed by atoms with Crippen molar-refractivity contribution in [3.05, 3.63) is 0 Å². The number of rotatable bonds is 0. The minimum atomic E-state index is -2.77. The first-order valence-electron chi connectivity index (χ1n) is 4.23. The Labute approximate surface area is 65.4 Å². The van der Waals surface area contributed by atoms with Crippen LogP contribution in [-0.4, -0.2) is 30.1 Å². The van der Waals surface area contributed by atoms with Crippen LogP contribution in [-0.2, 0) is 10.0 Å². The van der Waals surface area contributed by atoms with E-state index >= 15 is 0 Å². The Bertz CT molecular complexity index is 345. The first-order valence-corrected chi connectivity index (χ1v) is 5.74. The number of hydrogen-bond acceptors (Lipinski definition) is 2. The molecule has 4 aliphatic rings. The van der Waals surface area contributed by atoms with Crippen LogP contribution in [0.4, 0.5) is 0 Å². The molecule has 60 valence electrons. The fourth-order valence-electron chi connectivity index (χ4n) is 3.72. The van der Waals surface area contributed by atoms with Gasteiger partial charge in [0, 0.05) is 12.1 Å². The number of nitrogens with zero attached hydrogens (tertiary/aromatic N) is 1. The molecule has 0 aromatic rings. The molecule has 2 aliphatic heterocycles. The average molecular weight is 171 g/mol. The second kappa shape index (κ2) is 1.17. The Kier molecular flexibility index (Phi) is 0.590. The van der Waals surface area contributed by atoms with Crippen molar-refractivity contribution in [1.29, 1.82) is 0 Å². The molecule has 4 heteroatoms. The number of hydrogen-bond donors (Lipinski definition) is 0. The summed E-state index contributed by atoms with van der Waals surface area (Å²) in [5, 5.41) is 0.0440. The van der Waals surface area contributed by atoms with Gasteiger partial charge in [-0.15, -0.1) is 0 Å². The molecule has 3 nitrogen and oxygen atoms in total. The van der Waals surface area contributed by atoms with E-state index in [1.54, 1.807) is 4.31 Å². The van der Waals surface area contributed by atoms with Gasteiger partial charge >= 0.3 is 0 Å². The van der Waals surface area contributed by atoms with E-state index in [1.165, 1.54) is 6.42 Å². The van der Waals surface area contributed by atoms with Gasteiger partial charge in [-0.2, -0.15) is 4.31 Å². The lowest BCUT2D eigenvalue weighted by atomic mass is 10.0. The summed E-state index contributed by atoms with van der Waals surface area (Å²) in [5.74, 6) is 1.29. The minimum Gasteiger partial charge on any atom is -0.212 e. The van der Waals surface area contributed by atoms with Crippen LogP contribution in [0, 0.1) is 11.8 Å². The third kappa shape index (κ3) is 0.353. The summed E-state index contributed by atoms with van der Waals surface area (Å²) in [6, 6.07) is 0.943. The van der Waals surface area contributed by atoms with Crippen LogP contribution in [0.5, 0.6) is 0 Å². The summed E-state index contributed by atoms with van der Waals surface area (Å²) < 4.78 is 24.9. The molecule has 0 N–H and O–H groups in total. The van der Waals surface area contributed by atoms with Crippen molar-refractivity contribution in [3.8, 4) is 0 Å². The van der Waals surface area contributed by atoms with E-state index in [9.17, 15) is 8.42 Å². The van der Waals surface area contributed by atoms with Gasteiger partial charge in [0.25, 0.3) is 0 Å². The van der Waals surface area contributed by atoms with E-state index in [-0.39, 0.29) is 5.25 Å². The van der Waals surface area contributed by atoms with Crippen LogP contribution >= 0.6 is 0 Å². The van der Waals surface area contributed by atoms with Crippen LogP contribution < -0.4 is 0 Å². The highest BCUT2D eigenvalue weighted by Crippen LogP contribution is 2.67. The second-order valence-electron chi connectivity index (χ2n) is 4.29. The van der Waals surface area contributed by atoms with Crippen LogP contribution in [0.25, 0.3) is 0 Å². The SMILES string of the molecule is O=S1(=O)[C@H]2C[C@@H]3C[C@H]2[C@H]2[C@@H]3N21. The third-order valence-corrected chi connectivity index (χ3v) is 6.42. The molecule has 0 spiro atoms. The topological polar surface area (TPSA) is 37.1 Å². The van der Waals surface area contributed by atoms with E-state index < -0.39 is 10.0 Å². The Morgan fingerprint density at radius 3 is 2.45 bits per heavy atom. The van der Waals surface area contributed by atoms with Crippen LogP contribution in [0.2, 0.25) is 0 Å². The zero-order valence-electron chi connectivity index (χ0n) is 5.97. The Morgan fingerprint density at radius 2 is 2.00 bits per heavy atom. The molecule has 4 fully saturated rings. The highest BCUT2D eigenvalue weighted by molar-refractivity contribution is 7.90. The fourth-order valence-corrected chi connectivity index (χ4v) is 6.44.